The summed E-state index contributed by atoms with van der Waals surface area (Å²) in [6, 6.07) is 7.38. The minimum absolute atomic E-state index is 0.181. The molecule has 0 bridgehead atoms. The van der Waals surface area contributed by atoms with E-state index in [-0.39, 0.29) is 27.6 Å². The molecule has 0 amide bonds. The van der Waals surface area contributed by atoms with Crippen molar-refractivity contribution in [3.8, 4) is 0 Å². The number of allylic oxidation sites excluding steroid dienone is 1. The molecule has 126 valence electrons. The Bertz CT molecular complexity index is 857. The summed E-state index contributed by atoms with van der Waals surface area (Å²) in [4.78, 5) is 27.0. The molecule has 0 aliphatic rings. The number of halogens is 3. The van der Waals surface area contributed by atoms with Crippen LogP contribution in [0.1, 0.15) is 10.4 Å². The molecule has 4 nitrogen and oxygen atoms in total. The van der Waals surface area contributed by atoms with Gasteiger partial charge < -0.3 is 4.90 Å². The molecule has 1 aromatic heterocycles. The number of carbonyl (C=O) groups is 1. The second-order valence-electron chi connectivity index (χ2n) is 5.36. The minimum atomic E-state index is -0.386. The lowest BCUT2D eigenvalue weighted by Gasteiger charge is -2.13. The lowest BCUT2D eigenvalue weighted by Crippen LogP contribution is -2.23. The third kappa shape index (κ3) is 4.48. The Labute approximate surface area is 154 Å². The fourth-order valence-electron chi connectivity index (χ4n) is 2.03. The van der Waals surface area contributed by atoms with E-state index < -0.39 is 0 Å². The van der Waals surface area contributed by atoms with Crippen LogP contribution >= 0.6 is 34.8 Å². The first kappa shape index (κ1) is 18.7. The molecule has 0 saturated heterocycles. The molecule has 24 heavy (non-hydrogen) atoms. The van der Waals surface area contributed by atoms with Crippen molar-refractivity contribution in [2.45, 2.75) is 0 Å². The normalized spacial score (nSPS) is 11.8. The Hall–Kier alpha value is -1.59. The van der Waals surface area contributed by atoms with Crippen LogP contribution in [0.4, 0.5) is 0 Å². The summed E-state index contributed by atoms with van der Waals surface area (Å²) < 4.78 is 1.22. The van der Waals surface area contributed by atoms with Crippen LogP contribution in [-0.4, -0.2) is 35.9 Å². The number of carbonyl (C=O) groups excluding carboxylic acids is 1. The molecule has 2 rings (SSSR count). The minimum Gasteiger partial charge on any atom is -0.306 e. The number of likely N-dealkylation sites (N-methyl/N-ethyl adjacent to an activating group) is 1. The van der Waals surface area contributed by atoms with Crippen molar-refractivity contribution in [1.82, 2.24) is 9.47 Å². The first-order valence-electron chi connectivity index (χ1n) is 7.03. The van der Waals surface area contributed by atoms with Crippen LogP contribution in [0.5, 0.6) is 0 Å². The maximum absolute atomic E-state index is 12.9. The number of pyridine rings is 1. The number of benzene rings is 1. The van der Waals surface area contributed by atoms with E-state index in [4.69, 9.17) is 34.8 Å². The molecule has 1 aromatic carbocycles. The molecule has 0 N–H and O–H groups in total. The number of Topliss-reactive ketones (excluding diaryl/α,β-unsaturated/α-hetero) is 1. The van der Waals surface area contributed by atoms with Crippen molar-refractivity contribution >= 4 is 46.3 Å². The Kier molecular flexibility index (Phi) is 6.24. The van der Waals surface area contributed by atoms with Crippen molar-refractivity contribution in [3.05, 3.63) is 73.6 Å². The van der Waals surface area contributed by atoms with Crippen LogP contribution in [0, 0.1) is 0 Å². The highest BCUT2D eigenvalue weighted by molar-refractivity contribution is 6.39. The number of ketones is 1. The summed E-state index contributed by atoms with van der Waals surface area (Å²) in [5.74, 6) is -0.386. The molecule has 0 aliphatic heterocycles. The maximum Gasteiger partial charge on any atom is 0.255 e. The van der Waals surface area contributed by atoms with E-state index in [9.17, 15) is 9.59 Å². The monoisotopic (exact) mass is 384 g/mol. The zero-order chi connectivity index (χ0) is 17.9. The van der Waals surface area contributed by atoms with Gasteiger partial charge in [0, 0.05) is 29.4 Å². The van der Waals surface area contributed by atoms with E-state index in [1.165, 1.54) is 35.0 Å². The number of hydrogen-bond donors (Lipinski definition) is 0. The first-order chi connectivity index (χ1) is 11.3. The number of rotatable bonds is 5. The van der Waals surface area contributed by atoms with Gasteiger partial charge in [-0.3, -0.25) is 14.2 Å². The second-order valence-corrected chi connectivity index (χ2v) is 6.64. The van der Waals surface area contributed by atoms with Gasteiger partial charge >= 0.3 is 0 Å². The Balaban J connectivity index is 2.58. The van der Waals surface area contributed by atoms with Gasteiger partial charge in [-0.2, -0.15) is 0 Å². The average Bonchev–Trinajstić information content (AvgIpc) is 2.50. The topological polar surface area (TPSA) is 42.3 Å². The summed E-state index contributed by atoms with van der Waals surface area (Å²) >= 11 is 18.0. The van der Waals surface area contributed by atoms with Crippen molar-refractivity contribution in [3.63, 3.8) is 0 Å². The molecule has 0 saturated carbocycles. The van der Waals surface area contributed by atoms with Crippen molar-refractivity contribution in [2.75, 3.05) is 20.6 Å². The van der Waals surface area contributed by atoms with Gasteiger partial charge in [0.25, 0.3) is 5.56 Å². The first-order valence-corrected chi connectivity index (χ1v) is 8.16. The quantitative estimate of drug-likeness (QED) is 0.575. The number of hydrogen-bond acceptors (Lipinski definition) is 3. The SMILES string of the molecule is CN(C)C/C=C(\C(=O)c1ccc(Cl)cc1Cl)n1cc(Cl)ccc1=O. The molecule has 0 radical (unpaired) electrons. The van der Waals surface area contributed by atoms with Crippen LogP contribution in [0.15, 0.2) is 47.4 Å². The van der Waals surface area contributed by atoms with Gasteiger partial charge in [-0.1, -0.05) is 34.8 Å². The van der Waals surface area contributed by atoms with Crippen LogP contribution in [-0.2, 0) is 0 Å². The standard InChI is InChI=1S/C17H15Cl3N2O2/c1-21(2)8-7-15(22-10-12(19)4-6-16(22)23)17(24)13-5-3-11(18)9-14(13)20/h3-7,9-10H,8H2,1-2H3/b15-7+. The smallest absolute Gasteiger partial charge is 0.255 e. The number of nitrogens with zero attached hydrogens (tertiary/aromatic N) is 2. The van der Waals surface area contributed by atoms with Crippen molar-refractivity contribution < 1.29 is 4.79 Å². The fourth-order valence-corrected chi connectivity index (χ4v) is 2.69. The highest BCUT2D eigenvalue weighted by Crippen LogP contribution is 2.24. The predicted molar refractivity (Wildman–Crippen MR) is 99.3 cm³/mol. The zero-order valence-corrected chi connectivity index (χ0v) is 15.4. The zero-order valence-electron chi connectivity index (χ0n) is 13.1. The van der Waals surface area contributed by atoms with E-state index in [1.54, 1.807) is 12.1 Å². The highest BCUT2D eigenvalue weighted by atomic mass is 35.5. The van der Waals surface area contributed by atoms with Gasteiger partial charge in [0.1, 0.15) is 0 Å². The molecule has 7 heteroatoms. The van der Waals surface area contributed by atoms with Crippen LogP contribution in [0.3, 0.4) is 0 Å². The maximum atomic E-state index is 12.9. The van der Waals surface area contributed by atoms with E-state index in [0.717, 1.165) is 0 Å². The van der Waals surface area contributed by atoms with Crippen LogP contribution < -0.4 is 5.56 Å². The van der Waals surface area contributed by atoms with E-state index in [0.29, 0.717) is 16.6 Å². The van der Waals surface area contributed by atoms with E-state index >= 15 is 0 Å². The Morgan fingerprint density at radius 2 is 1.79 bits per heavy atom. The lowest BCUT2D eigenvalue weighted by atomic mass is 10.1. The summed E-state index contributed by atoms with van der Waals surface area (Å²) in [6.07, 6.45) is 3.07. The van der Waals surface area contributed by atoms with E-state index in [1.807, 2.05) is 19.0 Å². The summed E-state index contributed by atoms with van der Waals surface area (Å²) in [5.41, 5.74) is 0.0845. The molecular weight excluding hydrogens is 371 g/mol. The van der Waals surface area contributed by atoms with Gasteiger partial charge in [0.05, 0.1) is 15.7 Å². The van der Waals surface area contributed by atoms with Gasteiger partial charge in [-0.05, 0) is 44.4 Å². The van der Waals surface area contributed by atoms with E-state index in [2.05, 4.69) is 0 Å². The molecular formula is C17H15Cl3N2O2. The summed E-state index contributed by atoms with van der Waals surface area (Å²) in [7, 11) is 3.71. The third-order valence-electron chi connectivity index (χ3n) is 3.19. The second kappa shape index (κ2) is 7.99. The van der Waals surface area contributed by atoms with Crippen LogP contribution in [0.2, 0.25) is 15.1 Å². The predicted octanol–water partition coefficient (Wildman–Crippen LogP) is 4.09. The van der Waals surface area contributed by atoms with Gasteiger partial charge in [0.15, 0.2) is 0 Å². The highest BCUT2D eigenvalue weighted by Gasteiger charge is 2.18. The van der Waals surface area contributed by atoms with Gasteiger partial charge in [-0.25, -0.2) is 0 Å². The van der Waals surface area contributed by atoms with Gasteiger partial charge in [0.2, 0.25) is 5.78 Å². The summed E-state index contributed by atoms with van der Waals surface area (Å²) in [5, 5.41) is 0.994. The molecule has 0 aliphatic carbocycles. The molecule has 0 fully saturated rings. The largest absolute Gasteiger partial charge is 0.306 e. The Morgan fingerprint density at radius 3 is 2.42 bits per heavy atom. The summed E-state index contributed by atoms with van der Waals surface area (Å²) in [6.45, 7) is 0.464. The third-order valence-corrected chi connectivity index (χ3v) is 3.96. The molecule has 0 atom stereocenters. The molecule has 0 spiro atoms. The van der Waals surface area contributed by atoms with Crippen molar-refractivity contribution in [1.29, 1.82) is 0 Å². The lowest BCUT2D eigenvalue weighted by molar-refractivity contribution is 0.105. The molecule has 0 unspecified atom stereocenters. The Morgan fingerprint density at radius 1 is 1.12 bits per heavy atom. The molecule has 1 heterocycles. The van der Waals surface area contributed by atoms with Crippen LogP contribution in [0.25, 0.3) is 5.70 Å². The average molecular weight is 386 g/mol. The fraction of sp³-hybridized carbons (Fsp3) is 0.176. The van der Waals surface area contributed by atoms with Gasteiger partial charge in [-0.15, -0.1) is 0 Å². The van der Waals surface area contributed by atoms with Crippen molar-refractivity contribution in [2.24, 2.45) is 0 Å². The number of aromatic nitrogens is 1. The molecule has 2 aromatic rings.